The molecule has 0 aliphatic heterocycles. The van der Waals surface area contributed by atoms with Crippen molar-refractivity contribution in [2.24, 2.45) is 7.05 Å². The number of rotatable bonds is 2. The summed E-state index contributed by atoms with van der Waals surface area (Å²) >= 11 is 0. The highest BCUT2D eigenvalue weighted by Crippen LogP contribution is 2.23. The van der Waals surface area contributed by atoms with E-state index in [2.05, 4.69) is 10.4 Å². The number of benzene rings is 2. The number of fused-ring (bicyclic) bond motifs is 1. The van der Waals surface area contributed by atoms with Crippen LogP contribution >= 0.6 is 0 Å². The van der Waals surface area contributed by atoms with Gasteiger partial charge < -0.3 is 5.32 Å². The lowest BCUT2D eigenvalue weighted by molar-refractivity contribution is 0.102. The number of hydrogen-bond acceptors (Lipinski definition) is 2. The molecule has 1 heterocycles. The largest absolute Gasteiger partial charge is 0.320 e. The molecule has 94 valence electrons. The summed E-state index contributed by atoms with van der Waals surface area (Å²) in [7, 11) is 1.79. The van der Waals surface area contributed by atoms with Gasteiger partial charge in [-0.2, -0.15) is 5.10 Å². The highest BCUT2D eigenvalue weighted by atomic mass is 16.1. The third kappa shape index (κ3) is 2.20. The van der Waals surface area contributed by atoms with Crippen LogP contribution in [0.25, 0.3) is 10.8 Å². The topological polar surface area (TPSA) is 46.9 Å². The maximum absolute atomic E-state index is 12.1. The predicted molar refractivity (Wildman–Crippen MR) is 75.1 cm³/mol. The Labute approximate surface area is 110 Å². The molecule has 0 aliphatic carbocycles. The van der Waals surface area contributed by atoms with Crippen LogP contribution < -0.4 is 5.32 Å². The Morgan fingerprint density at radius 2 is 1.89 bits per heavy atom. The minimum atomic E-state index is -0.197. The van der Waals surface area contributed by atoms with Crippen molar-refractivity contribution in [1.29, 1.82) is 0 Å². The number of carbonyl (C=O) groups excluding carboxylic acids is 1. The van der Waals surface area contributed by atoms with E-state index in [0.29, 0.717) is 5.69 Å². The molecule has 1 N–H and O–H groups in total. The Hall–Kier alpha value is -2.62. The van der Waals surface area contributed by atoms with Gasteiger partial charge in [0.2, 0.25) is 0 Å². The summed E-state index contributed by atoms with van der Waals surface area (Å²) in [5, 5.41) is 9.11. The number of hydrogen-bond donors (Lipinski definition) is 1. The average molecular weight is 251 g/mol. The monoisotopic (exact) mass is 251 g/mol. The number of aryl methyl sites for hydroxylation is 1. The molecule has 0 bridgehead atoms. The van der Waals surface area contributed by atoms with E-state index < -0.39 is 0 Å². The van der Waals surface area contributed by atoms with Gasteiger partial charge >= 0.3 is 0 Å². The maximum Gasteiger partial charge on any atom is 0.276 e. The molecule has 1 aromatic heterocycles. The summed E-state index contributed by atoms with van der Waals surface area (Å²) in [4.78, 5) is 12.1. The molecule has 0 unspecified atom stereocenters. The van der Waals surface area contributed by atoms with Gasteiger partial charge in [-0.25, -0.2) is 0 Å². The lowest BCUT2D eigenvalue weighted by Gasteiger charge is -2.07. The second kappa shape index (κ2) is 4.57. The van der Waals surface area contributed by atoms with Gasteiger partial charge in [0.25, 0.3) is 5.91 Å². The van der Waals surface area contributed by atoms with Crippen LogP contribution in [0.5, 0.6) is 0 Å². The highest BCUT2D eigenvalue weighted by Gasteiger charge is 2.10. The van der Waals surface area contributed by atoms with E-state index in [9.17, 15) is 4.79 Å². The molecule has 19 heavy (non-hydrogen) atoms. The fraction of sp³-hybridized carbons (Fsp3) is 0.0667. The molecule has 4 heteroatoms. The van der Waals surface area contributed by atoms with Crippen molar-refractivity contribution < 1.29 is 4.79 Å². The highest BCUT2D eigenvalue weighted by molar-refractivity contribution is 6.08. The number of nitrogens with zero attached hydrogens (tertiary/aromatic N) is 2. The Kier molecular flexibility index (Phi) is 2.76. The first-order chi connectivity index (χ1) is 9.24. The molecule has 0 radical (unpaired) electrons. The van der Waals surface area contributed by atoms with Gasteiger partial charge in [-0.1, -0.05) is 36.4 Å². The van der Waals surface area contributed by atoms with Crippen molar-refractivity contribution in [3.63, 3.8) is 0 Å². The van der Waals surface area contributed by atoms with Gasteiger partial charge in [0, 0.05) is 24.3 Å². The first-order valence-electron chi connectivity index (χ1n) is 6.03. The quantitative estimate of drug-likeness (QED) is 0.761. The molecular weight excluding hydrogens is 238 g/mol. The Morgan fingerprint density at radius 1 is 1.11 bits per heavy atom. The van der Waals surface area contributed by atoms with Gasteiger partial charge in [-0.3, -0.25) is 9.48 Å². The summed E-state index contributed by atoms with van der Waals surface area (Å²) < 4.78 is 1.61. The van der Waals surface area contributed by atoms with Gasteiger partial charge in [0.05, 0.1) is 0 Å². The zero-order valence-corrected chi connectivity index (χ0v) is 10.5. The maximum atomic E-state index is 12.1. The van der Waals surface area contributed by atoms with Crippen LogP contribution in [0.15, 0.2) is 54.7 Å². The summed E-state index contributed by atoms with van der Waals surface area (Å²) in [5.41, 5.74) is 1.21. The summed E-state index contributed by atoms with van der Waals surface area (Å²) in [6.45, 7) is 0. The van der Waals surface area contributed by atoms with E-state index in [1.54, 1.807) is 24.0 Å². The van der Waals surface area contributed by atoms with E-state index in [1.165, 1.54) is 0 Å². The third-order valence-corrected chi connectivity index (χ3v) is 2.98. The van der Waals surface area contributed by atoms with Crippen LogP contribution in [0.2, 0.25) is 0 Å². The van der Waals surface area contributed by atoms with E-state index in [1.807, 2.05) is 42.5 Å². The van der Waals surface area contributed by atoms with Crippen LogP contribution in [0.3, 0.4) is 0 Å². The van der Waals surface area contributed by atoms with Crippen molar-refractivity contribution in [2.45, 2.75) is 0 Å². The third-order valence-electron chi connectivity index (χ3n) is 2.98. The summed E-state index contributed by atoms with van der Waals surface area (Å²) in [6.07, 6.45) is 1.75. The van der Waals surface area contributed by atoms with Gasteiger partial charge in [0.15, 0.2) is 5.69 Å². The lowest BCUT2D eigenvalue weighted by Crippen LogP contribution is -2.13. The standard InChI is InChI=1S/C15H13N3O/c1-18-10-9-14(17-18)15(19)16-13-8-4-6-11-5-2-3-7-12(11)13/h2-10H,1H3,(H,16,19). The molecular formula is C15H13N3O. The number of nitrogens with one attached hydrogen (secondary N) is 1. The zero-order chi connectivity index (χ0) is 13.2. The molecule has 0 atom stereocenters. The normalized spacial score (nSPS) is 10.6. The van der Waals surface area contributed by atoms with Gasteiger partial charge in [-0.15, -0.1) is 0 Å². The first kappa shape index (κ1) is 11.5. The molecule has 2 aromatic carbocycles. The molecule has 3 aromatic rings. The molecule has 0 aliphatic rings. The van der Waals surface area contributed by atoms with Crippen molar-refractivity contribution in [2.75, 3.05) is 5.32 Å². The minimum Gasteiger partial charge on any atom is -0.320 e. The minimum absolute atomic E-state index is 0.197. The number of aromatic nitrogens is 2. The van der Waals surface area contributed by atoms with Crippen molar-refractivity contribution in [3.8, 4) is 0 Å². The van der Waals surface area contributed by atoms with E-state index in [0.717, 1.165) is 16.5 Å². The Bertz CT molecular complexity index is 740. The van der Waals surface area contributed by atoms with Crippen molar-refractivity contribution >= 4 is 22.4 Å². The van der Waals surface area contributed by atoms with Crippen LogP contribution in [-0.4, -0.2) is 15.7 Å². The lowest BCUT2D eigenvalue weighted by atomic mass is 10.1. The first-order valence-corrected chi connectivity index (χ1v) is 6.03. The van der Waals surface area contributed by atoms with E-state index in [-0.39, 0.29) is 5.91 Å². The van der Waals surface area contributed by atoms with Crippen molar-refractivity contribution in [1.82, 2.24) is 9.78 Å². The predicted octanol–water partition coefficient (Wildman–Crippen LogP) is 2.83. The van der Waals surface area contributed by atoms with Crippen LogP contribution in [-0.2, 0) is 7.05 Å². The fourth-order valence-electron chi connectivity index (χ4n) is 2.06. The smallest absolute Gasteiger partial charge is 0.276 e. The second-order valence-electron chi connectivity index (χ2n) is 4.36. The number of amides is 1. The van der Waals surface area contributed by atoms with E-state index in [4.69, 9.17) is 0 Å². The average Bonchev–Trinajstić information content (AvgIpc) is 2.86. The molecule has 0 saturated carbocycles. The fourth-order valence-corrected chi connectivity index (χ4v) is 2.06. The zero-order valence-electron chi connectivity index (χ0n) is 10.5. The van der Waals surface area contributed by atoms with Gasteiger partial charge in [0.1, 0.15) is 0 Å². The van der Waals surface area contributed by atoms with Gasteiger partial charge in [-0.05, 0) is 17.5 Å². The molecule has 3 rings (SSSR count). The second-order valence-corrected chi connectivity index (χ2v) is 4.36. The molecule has 0 saturated heterocycles. The Balaban J connectivity index is 1.95. The Morgan fingerprint density at radius 3 is 2.68 bits per heavy atom. The van der Waals surface area contributed by atoms with Crippen LogP contribution in [0.4, 0.5) is 5.69 Å². The molecule has 0 spiro atoms. The van der Waals surface area contributed by atoms with Crippen LogP contribution in [0.1, 0.15) is 10.5 Å². The number of anilines is 1. The molecule has 4 nitrogen and oxygen atoms in total. The van der Waals surface area contributed by atoms with Crippen LogP contribution in [0, 0.1) is 0 Å². The SMILES string of the molecule is Cn1ccc(C(=O)Nc2cccc3ccccc23)n1. The van der Waals surface area contributed by atoms with Crippen molar-refractivity contribution in [3.05, 3.63) is 60.4 Å². The molecule has 0 fully saturated rings. The number of carbonyl (C=O) groups is 1. The van der Waals surface area contributed by atoms with E-state index >= 15 is 0 Å². The molecule has 1 amide bonds. The summed E-state index contributed by atoms with van der Waals surface area (Å²) in [5.74, 6) is -0.197. The summed E-state index contributed by atoms with van der Waals surface area (Å²) in [6, 6.07) is 15.5.